The molecule has 1 N–H and O–H groups in total. The number of anilines is 1. The number of urea groups is 1. The molecule has 0 aliphatic carbocycles. The van der Waals surface area contributed by atoms with Gasteiger partial charge in [0.05, 0.1) is 12.7 Å². The molecule has 2 rings (SSSR count). The number of esters is 1. The zero-order valence-corrected chi connectivity index (χ0v) is 14.9. The molecular weight excluding hydrogens is 316 g/mol. The Bertz CT molecular complexity index is 729. The quantitative estimate of drug-likeness (QED) is 0.801. The first-order chi connectivity index (χ1) is 12.0. The van der Waals surface area contributed by atoms with Gasteiger partial charge in [-0.1, -0.05) is 43.3 Å². The second-order valence-electron chi connectivity index (χ2n) is 5.86. The van der Waals surface area contributed by atoms with Crippen molar-refractivity contribution in [3.63, 3.8) is 0 Å². The summed E-state index contributed by atoms with van der Waals surface area (Å²) in [7, 11) is 1.34. The second-order valence-corrected chi connectivity index (χ2v) is 5.86. The topological polar surface area (TPSA) is 58.6 Å². The fourth-order valence-electron chi connectivity index (χ4n) is 2.52. The molecule has 0 fully saturated rings. The van der Waals surface area contributed by atoms with Crippen LogP contribution >= 0.6 is 0 Å². The van der Waals surface area contributed by atoms with Crippen LogP contribution in [0.2, 0.25) is 0 Å². The summed E-state index contributed by atoms with van der Waals surface area (Å²) in [5.41, 5.74) is 2.99. The molecule has 0 aromatic heterocycles. The van der Waals surface area contributed by atoms with E-state index in [1.54, 1.807) is 23.1 Å². The first kappa shape index (κ1) is 18.5. The molecule has 0 bridgehead atoms. The van der Waals surface area contributed by atoms with E-state index in [1.165, 1.54) is 7.11 Å². The number of nitrogens with zero attached hydrogens (tertiary/aromatic N) is 1. The standard InChI is InChI=1S/C20H24N2O3/c1-4-12-22(14-16-8-6-5-7-9-16)20(24)21-18-13-17(19(23)25-3)11-10-15(18)2/h5-11,13H,4,12,14H2,1-3H3,(H,21,24). The summed E-state index contributed by atoms with van der Waals surface area (Å²) in [4.78, 5) is 26.2. The molecule has 2 aromatic rings. The lowest BCUT2D eigenvalue weighted by molar-refractivity contribution is 0.0600. The number of carbonyl (C=O) groups is 2. The number of ether oxygens (including phenoxy) is 1. The van der Waals surface area contributed by atoms with E-state index in [9.17, 15) is 9.59 Å². The van der Waals surface area contributed by atoms with E-state index in [1.807, 2.05) is 44.2 Å². The Kier molecular flexibility index (Phi) is 6.57. The van der Waals surface area contributed by atoms with Crippen molar-refractivity contribution in [1.29, 1.82) is 0 Å². The summed E-state index contributed by atoms with van der Waals surface area (Å²) >= 11 is 0. The summed E-state index contributed by atoms with van der Waals surface area (Å²) in [6.07, 6.45) is 0.863. The summed E-state index contributed by atoms with van der Waals surface area (Å²) in [5, 5.41) is 2.91. The Balaban J connectivity index is 2.16. The molecule has 132 valence electrons. The molecule has 0 aliphatic rings. The van der Waals surface area contributed by atoms with Gasteiger partial charge in [0.1, 0.15) is 0 Å². The van der Waals surface area contributed by atoms with Crippen LogP contribution in [0.4, 0.5) is 10.5 Å². The van der Waals surface area contributed by atoms with Crippen LogP contribution < -0.4 is 5.32 Å². The number of carbonyl (C=O) groups excluding carboxylic acids is 2. The predicted octanol–water partition coefficient (Wildman–Crippen LogP) is 4.23. The van der Waals surface area contributed by atoms with Crippen molar-refractivity contribution >= 4 is 17.7 Å². The Morgan fingerprint density at radius 2 is 1.84 bits per heavy atom. The van der Waals surface area contributed by atoms with E-state index in [-0.39, 0.29) is 6.03 Å². The monoisotopic (exact) mass is 340 g/mol. The third-order valence-corrected chi connectivity index (χ3v) is 3.90. The van der Waals surface area contributed by atoms with Crippen molar-refractivity contribution in [3.8, 4) is 0 Å². The maximum atomic E-state index is 12.7. The number of hydrogen-bond donors (Lipinski definition) is 1. The normalized spacial score (nSPS) is 10.2. The van der Waals surface area contributed by atoms with Gasteiger partial charge in [0.25, 0.3) is 0 Å². The predicted molar refractivity (Wildman–Crippen MR) is 98.7 cm³/mol. The van der Waals surface area contributed by atoms with Crippen LogP contribution in [0, 0.1) is 6.92 Å². The summed E-state index contributed by atoms with van der Waals surface area (Å²) in [6.45, 7) is 5.11. The molecule has 25 heavy (non-hydrogen) atoms. The highest BCUT2D eigenvalue weighted by Gasteiger charge is 2.15. The highest BCUT2D eigenvalue weighted by atomic mass is 16.5. The van der Waals surface area contributed by atoms with Crippen molar-refractivity contribution in [2.75, 3.05) is 19.0 Å². The summed E-state index contributed by atoms with van der Waals surface area (Å²) < 4.78 is 4.74. The van der Waals surface area contributed by atoms with Crippen molar-refractivity contribution < 1.29 is 14.3 Å². The van der Waals surface area contributed by atoms with Crippen LogP contribution in [-0.2, 0) is 11.3 Å². The fraction of sp³-hybridized carbons (Fsp3) is 0.300. The SMILES string of the molecule is CCCN(Cc1ccccc1)C(=O)Nc1cc(C(=O)OC)ccc1C. The second kappa shape index (κ2) is 8.87. The fourth-order valence-corrected chi connectivity index (χ4v) is 2.52. The molecular formula is C20H24N2O3. The minimum absolute atomic E-state index is 0.184. The average Bonchev–Trinajstić information content (AvgIpc) is 2.63. The highest BCUT2D eigenvalue weighted by Crippen LogP contribution is 2.19. The first-order valence-electron chi connectivity index (χ1n) is 8.34. The number of hydrogen-bond acceptors (Lipinski definition) is 3. The lowest BCUT2D eigenvalue weighted by Gasteiger charge is -2.23. The summed E-state index contributed by atoms with van der Waals surface area (Å²) in [5.74, 6) is -0.426. The molecule has 0 saturated heterocycles. The number of aryl methyl sites for hydroxylation is 1. The van der Waals surface area contributed by atoms with E-state index in [4.69, 9.17) is 4.74 Å². The molecule has 0 heterocycles. The molecule has 0 spiro atoms. The Labute approximate surface area is 148 Å². The third-order valence-electron chi connectivity index (χ3n) is 3.90. The summed E-state index contributed by atoms with van der Waals surface area (Å²) in [6, 6.07) is 14.8. The minimum atomic E-state index is -0.426. The number of rotatable bonds is 6. The first-order valence-corrected chi connectivity index (χ1v) is 8.34. The molecule has 5 nitrogen and oxygen atoms in total. The highest BCUT2D eigenvalue weighted by molar-refractivity contribution is 5.94. The van der Waals surface area contributed by atoms with Crippen LogP contribution in [0.15, 0.2) is 48.5 Å². The van der Waals surface area contributed by atoms with Crippen molar-refractivity contribution in [2.45, 2.75) is 26.8 Å². The molecule has 0 aliphatic heterocycles. The van der Waals surface area contributed by atoms with Crippen LogP contribution in [0.25, 0.3) is 0 Å². The van der Waals surface area contributed by atoms with Gasteiger partial charge in [0, 0.05) is 18.8 Å². The zero-order valence-electron chi connectivity index (χ0n) is 14.9. The third kappa shape index (κ3) is 5.08. The number of benzene rings is 2. The number of nitrogens with one attached hydrogen (secondary N) is 1. The number of methoxy groups -OCH3 is 1. The number of amides is 2. The van der Waals surface area contributed by atoms with Crippen LogP contribution in [0.1, 0.15) is 34.8 Å². The van der Waals surface area contributed by atoms with Crippen molar-refractivity contribution in [1.82, 2.24) is 4.90 Å². The molecule has 0 atom stereocenters. The smallest absolute Gasteiger partial charge is 0.337 e. The van der Waals surface area contributed by atoms with E-state index in [0.717, 1.165) is 17.5 Å². The van der Waals surface area contributed by atoms with Crippen LogP contribution in [-0.4, -0.2) is 30.6 Å². The van der Waals surface area contributed by atoms with Crippen LogP contribution in [0.5, 0.6) is 0 Å². The maximum absolute atomic E-state index is 12.7. The molecule has 0 unspecified atom stereocenters. The lowest BCUT2D eigenvalue weighted by atomic mass is 10.1. The van der Waals surface area contributed by atoms with E-state index >= 15 is 0 Å². The van der Waals surface area contributed by atoms with Gasteiger partial charge in [-0.2, -0.15) is 0 Å². The zero-order chi connectivity index (χ0) is 18.2. The van der Waals surface area contributed by atoms with Gasteiger partial charge < -0.3 is 15.0 Å². The van der Waals surface area contributed by atoms with Crippen molar-refractivity contribution in [3.05, 3.63) is 65.2 Å². The lowest BCUT2D eigenvalue weighted by Crippen LogP contribution is -2.35. The van der Waals surface area contributed by atoms with Gasteiger partial charge in [-0.05, 0) is 36.6 Å². The van der Waals surface area contributed by atoms with Gasteiger partial charge in [-0.3, -0.25) is 0 Å². The van der Waals surface area contributed by atoms with E-state index < -0.39 is 5.97 Å². The largest absolute Gasteiger partial charge is 0.465 e. The van der Waals surface area contributed by atoms with Gasteiger partial charge in [-0.25, -0.2) is 9.59 Å². The molecule has 0 saturated carbocycles. The Morgan fingerprint density at radius 3 is 2.48 bits per heavy atom. The van der Waals surface area contributed by atoms with Gasteiger partial charge in [0.2, 0.25) is 0 Å². The molecule has 2 amide bonds. The minimum Gasteiger partial charge on any atom is -0.465 e. The average molecular weight is 340 g/mol. The molecule has 5 heteroatoms. The maximum Gasteiger partial charge on any atom is 0.337 e. The van der Waals surface area contributed by atoms with Gasteiger partial charge in [-0.15, -0.1) is 0 Å². The van der Waals surface area contributed by atoms with Gasteiger partial charge >= 0.3 is 12.0 Å². The Morgan fingerprint density at radius 1 is 1.12 bits per heavy atom. The Hall–Kier alpha value is -2.82. The van der Waals surface area contributed by atoms with Crippen LogP contribution in [0.3, 0.4) is 0 Å². The molecule has 0 radical (unpaired) electrons. The van der Waals surface area contributed by atoms with Gasteiger partial charge in [0.15, 0.2) is 0 Å². The van der Waals surface area contributed by atoms with Crippen molar-refractivity contribution in [2.24, 2.45) is 0 Å². The van der Waals surface area contributed by atoms with E-state index in [2.05, 4.69) is 5.32 Å². The molecule has 2 aromatic carbocycles. The van der Waals surface area contributed by atoms with E-state index in [0.29, 0.717) is 24.3 Å².